The number of urea groups is 1. The molecule has 0 spiro atoms. The van der Waals surface area contributed by atoms with Gasteiger partial charge in [-0.1, -0.05) is 65.8 Å². The number of hydrogen-bond donors (Lipinski definition) is 4. The quantitative estimate of drug-likeness (QED) is 0.198. The molecule has 1 aromatic carbocycles. The Morgan fingerprint density at radius 2 is 1.73 bits per heavy atom. The number of aliphatic hydroxyl groups is 1. The van der Waals surface area contributed by atoms with Gasteiger partial charge in [0, 0.05) is 48.4 Å². The number of ether oxygens (including phenoxy) is 1. The summed E-state index contributed by atoms with van der Waals surface area (Å²) in [7, 11) is 0. The fourth-order valence-corrected chi connectivity index (χ4v) is 6.50. The van der Waals surface area contributed by atoms with E-state index >= 15 is 0 Å². The molecule has 260 valence electrons. The Bertz CT molecular complexity index is 1830. The fourth-order valence-electron chi connectivity index (χ4n) is 6.50. The van der Waals surface area contributed by atoms with Gasteiger partial charge in [0.05, 0.1) is 18.3 Å². The van der Waals surface area contributed by atoms with Crippen LogP contribution in [0, 0.1) is 0 Å². The Morgan fingerprint density at radius 3 is 2.45 bits per heavy atom. The van der Waals surface area contributed by atoms with E-state index in [1.165, 1.54) is 0 Å². The molecular formula is C37H48N8O4. The van der Waals surface area contributed by atoms with E-state index in [1.807, 2.05) is 67.8 Å². The first-order valence-corrected chi connectivity index (χ1v) is 17.1. The Kier molecular flexibility index (Phi) is 9.63. The molecule has 0 radical (unpaired) electrons. The number of β-amino-alcohol motifs (C(OH)–C–C–N with tert-alkyl or cyclic N) is 1. The van der Waals surface area contributed by atoms with Crippen LogP contribution in [0.15, 0.2) is 54.7 Å². The molecule has 1 fully saturated rings. The molecule has 6 rings (SSSR count). The number of fused-ring (bicyclic) bond motifs is 2. The van der Waals surface area contributed by atoms with Crippen LogP contribution in [0.3, 0.4) is 0 Å². The summed E-state index contributed by atoms with van der Waals surface area (Å²) in [6.45, 7) is 14.9. The third-order valence-corrected chi connectivity index (χ3v) is 9.11. The minimum atomic E-state index is -0.364. The minimum Gasteiger partial charge on any atom is -0.484 e. The molecule has 49 heavy (non-hydrogen) atoms. The van der Waals surface area contributed by atoms with Gasteiger partial charge in [0.25, 0.3) is 5.91 Å². The van der Waals surface area contributed by atoms with Gasteiger partial charge >= 0.3 is 6.03 Å². The lowest BCUT2D eigenvalue weighted by molar-refractivity contribution is 0.0943. The number of aromatic nitrogens is 4. The van der Waals surface area contributed by atoms with E-state index in [0.717, 1.165) is 41.3 Å². The monoisotopic (exact) mass is 668 g/mol. The van der Waals surface area contributed by atoms with Crippen LogP contribution in [0.25, 0.3) is 5.65 Å². The van der Waals surface area contributed by atoms with Crippen molar-refractivity contribution in [3.8, 4) is 5.75 Å². The highest BCUT2D eigenvalue weighted by Crippen LogP contribution is 2.39. The number of likely N-dealkylation sites (tertiary alicyclic amines) is 1. The summed E-state index contributed by atoms with van der Waals surface area (Å²) in [6, 6.07) is 14.7. The van der Waals surface area contributed by atoms with E-state index in [9.17, 15) is 14.7 Å². The second kappa shape index (κ2) is 13.8. The molecular weight excluding hydrogens is 620 g/mol. The minimum absolute atomic E-state index is 0.174. The number of pyridine rings is 2. The van der Waals surface area contributed by atoms with Crippen LogP contribution in [0.5, 0.6) is 5.75 Å². The Hall–Kier alpha value is -4.55. The summed E-state index contributed by atoms with van der Waals surface area (Å²) in [6.07, 6.45) is 3.60. The zero-order chi connectivity index (χ0) is 34.9. The molecule has 0 bridgehead atoms. The van der Waals surface area contributed by atoms with Crippen molar-refractivity contribution in [2.75, 3.05) is 31.5 Å². The topological polar surface area (TPSA) is 146 Å². The summed E-state index contributed by atoms with van der Waals surface area (Å²) < 4.78 is 8.54. The summed E-state index contributed by atoms with van der Waals surface area (Å²) >= 11 is 0. The Balaban J connectivity index is 1.13. The van der Waals surface area contributed by atoms with E-state index in [-0.39, 0.29) is 46.7 Å². The molecule has 0 saturated carbocycles. The first kappa shape index (κ1) is 34.3. The standard InChI is InChI=1S/C37H48N8O4/c1-36(2,3)31-20-23(19-29(40-31)33(47)38-16-18-44-17-15-24(46)21-44)39-35(48)41-28-12-13-30(27-10-8-7-9-26(27)28)49-25-11-14-32-42-43-34(37(4,5)6)45(32)22-25/h7-11,14,19-20,22,24,28,30,46H,12-13,15-18,21H2,1-6H3,(H,38,47)(H2,39,40,41,48)/t24-,28-,30+/m0/s1. The van der Waals surface area contributed by atoms with Crippen LogP contribution in [0.4, 0.5) is 10.5 Å². The van der Waals surface area contributed by atoms with Crippen LogP contribution >= 0.6 is 0 Å². The number of nitrogens with one attached hydrogen (secondary N) is 3. The third-order valence-electron chi connectivity index (χ3n) is 9.11. The lowest BCUT2D eigenvalue weighted by Crippen LogP contribution is -2.36. The maximum Gasteiger partial charge on any atom is 0.319 e. The number of hydrogen-bond acceptors (Lipinski definition) is 8. The number of nitrogens with zero attached hydrogens (tertiary/aromatic N) is 5. The zero-order valence-electron chi connectivity index (χ0n) is 29.3. The molecule has 0 unspecified atom stereocenters. The number of aliphatic hydroxyl groups excluding tert-OH is 1. The summed E-state index contributed by atoms with van der Waals surface area (Å²) in [5.41, 5.74) is 3.71. The van der Waals surface area contributed by atoms with Crippen molar-refractivity contribution < 1.29 is 19.4 Å². The molecule has 4 aromatic rings. The van der Waals surface area contributed by atoms with Gasteiger partial charge < -0.3 is 25.8 Å². The summed E-state index contributed by atoms with van der Waals surface area (Å²) in [5, 5.41) is 27.5. The van der Waals surface area contributed by atoms with Gasteiger partial charge in [-0.25, -0.2) is 9.78 Å². The van der Waals surface area contributed by atoms with Gasteiger partial charge in [-0.2, -0.15) is 0 Å². The molecule has 4 heterocycles. The summed E-state index contributed by atoms with van der Waals surface area (Å²) in [5.74, 6) is 1.28. The normalized spacial score (nSPS) is 19.8. The molecule has 1 saturated heterocycles. The van der Waals surface area contributed by atoms with Crippen LogP contribution < -0.4 is 20.7 Å². The summed E-state index contributed by atoms with van der Waals surface area (Å²) in [4.78, 5) is 33.3. The SMILES string of the molecule is CC(C)(C)c1cc(NC(=O)N[C@H]2CC[C@@H](Oc3ccc4nnc(C(C)(C)C)n4c3)c3ccccc32)cc(C(=O)NCCN2CC[C@H](O)C2)n1. The first-order valence-electron chi connectivity index (χ1n) is 17.1. The van der Waals surface area contributed by atoms with Gasteiger partial charge in [-0.3, -0.25) is 14.1 Å². The van der Waals surface area contributed by atoms with Gasteiger partial charge in [0.15, 0.2) is 5.65 Å². The van der Waals surface area contributed by atoms with Crippen LogP contribution in [0.2, 0.25) is 0 Å². The number of amides is 3. The molecule has 3 amide bonds. The van der Waals surface area contributed by atoms with Crippen molar-refractivity contribution in [1.29, 1.82) is 0 Å². The smallest absolute Gasteiger partial charge is 0.319 e. The predicted molar refractivity (Wildman–Crippen MR) is 188 cm³/mol. The first-order chi connectivity index (χ1) is 23.2. The lowest BCUT2D eigenvalue weighted by Gasteiger charge is -2.32. The zero-order valence-corrected chi connectivity index (χ0v) is 29.3. The third kappa shape index (κ3) is 8.02. The van der Waals surface area contributed by atoms with E-state index in [1.54, 1.807) is 6.07 Å². The molecule has 4 N–H and O–H groups in total. The van der Waals surface area contributed by atoms with Crippen molar-refractivity contribution in [1.82, 2.24) is 35.1 Å². The maximum atomic E-state index is 13.4. The highest BCUT2D eigenvalue weighted by Gasteiger charge is 2.30. The second-order valence-electron chi connectivity index (χ2n) is 15.2. The van der Waals surface area contributed by atoms with Gasteiger partial charge in [0.2, 0.25) is 0 Å². The van der Waals surface area contributed by atoms with Crippen molar-refractivity contribution in [2.45, 2.75) is 89.9 Å². The second-order valence-corrected chi connectivity index (χ2v) is 15.2. The average molecular weight is 669 g/mol. The predicted octanol–water partition coefficient (Wildman–Crippen LogP) is 5.29. The van der Waals surface area contributed by atoms with Crippen molar-refractivity contribution >= 4 is 23.3 Å². The number of rotatable bonds is 8. The molecule has 1 aliphatic heterocycles. The molecule has 12 heteroatoms. The van der Waals surface area contributed by atoms with Crippen LogP contribution in [-0.2, 0) is 10.8 Å². The fraction of sp³-hybridized carbons (Fsp3) is 0.486. The number of anilines is 1. The number of benzene rings is 1. The van der Waals surface area contributed by atoms with Crippen molar-refractivity contribution in [2.24, 2.45) is 0 Å². The molecule has 3 atom stereocenters. The molecule has 12 nitrogen and oxygen atoms in total. The Morgan fingerprint density at radius 1 is 0.959 bits per heavy atom. The largest absolute Gasteiger partial charge is 0.484 e. The number of carbonyl (C=O) groups excluding carboxylic acids is 2. The highest BCUT2D eigenvalue weighted by molar-refractivity contribution is 5.95. The van der Waals surface area contributed by atoms with Crippen LogP contribution in [-0.4, -0.2) is 73.8 Å². The van der Waals surface area contributed by atoms with E-state index in [2.05, 4.69) is 62.9 Å². The maximum absolute atomic E-state index is 13.4. The van der Waals surface area contributed by atoms with Gasteiger partial charge in [0.1, 0.15) is 23.4 Å². The van der Waals surface area contributed by atoms with Gasteiger partial charge in [-0.15, -0.1) is 10.2 Å². The number of carbonyl (C=O) groups is 2. The van der Waals surface area contributed by atoms with E-state index in [0.29, 0.717) is 43.9 Å². The molecule has 1 aliphatic carbocycles. The highest BCUT2D eigenvalue weighted by atomic mass is 16.5. The molecule has 3 aromatic heterocycles. The van der Waals surface area contributed by atoms with Crippen LogP contribution in [0.1, 0.15) is 106 Å². The van der Waals surface area contributed by atoms with E-state index in [4.69, 9.17) is 4.74 Å². The Labute approximate surface area is 287 Å². The van der Waals surface area contributed by atoms with Crippen molar-refractivity contribution in [3.63, 3.8) is 0 Å². The van der Waals surface area contributed by atoms with Crippen molar-refractivity contribution in [3.05, 3.63) is 83.1 Å². The van der Waals surface area contributed by atoms with Gasteiger partial charge in [-0.05, 0) is 54.7 Å². The molecule has 2 aliphatic rings. The average Bonchev–Trinajstić information content (AvgIpc) is 3.67. The lowest BCUT2D eigenvalue weighted by atomic mass is 9.85. The van der Waals surface area contributed by atoms with E-state index < -0.39 is 0 Å².